The summed E-state index contributed by atoms with van der Waals surface area (Å²) < 4.78 is 5.61. The van der Waals surface area contributed by atoms with Crippen LogP contribution in [-0.2, 0) is 4.74 Å². The van der Waals surface area contributed by atoms with Crippen LogP contribution in [0, 0.1) is 13.8 Å². The maximum Gasteiger partial charge on any atom is 0.0857 e. The van der Waals surface area contributed by atoms with E-state index in [-0.39, 0.29) is 11.5 Å². The Hall–Kier alpha value is -0.0500. The zero-order valence-corrected chi connectivity index (χ0v) is 10.1. The highest BCUT2D eigenvalue weighted by Gasteiger charge is 2.27. The monoisotopic (exact) mass is 230 g/mol. The van der Waals surface area contributed by atoms with Crippen LogP contribution in [0.2, 0.25) is 0 Å². The molecule has 0 aromatic carbocycles. The molecule has 2 rings (SSSR count). The summed E-state index contributed by atoms with van der Waals surface area (Å²) in [4.78, 5) is 2.67. The quantitative estimate of drug-likeness (QED) is 0.702. The molecular formula is C11H15ClOS. The van der Waals surface area contributed by atoms with E-state index in [4.69, 9.17) is 16.3 Å². The molecule has 2 unspecified atom stereocenters. The molecule has 1 saturated heterocycles. The summed E-state index contributed by atoms with van der Waals surface area (Å²) >= 11 is 8.23. The van der Waals surface area contributed by atoms with Crippen molar-refractivity contribution in [3.63, 3.8) is 0 Å². The largest absolute Gasteiger partial charge is 0.376 e. The highest BCUT2D eigenvalue weighted by atomic mass is 35.5. The summed E-state index contributed by atoms with van der Waals surface area (Å²) in [5, 5.41) is 0.0439. The first-order valence-electron chi connectivity index (χ1n) is 5.01. The van der Waals surface area contributed by atoms with Crippen molar-refractivity contribution in [2.75, 3.05) is 6.61 Å². The summed E-state index contributed by atoms with van der Waals surface area (Å²) in [6, 6.07) is 2.19. The van der Waals surface area contributed by atoms with Crippen molar-refractivity contribution in [2.24, 2.45) is 0 Å². The van der Waals surface area contributed by atoms with Gasteiger partial charge in [0.1, 0.15) is 0 Å². The molecule has 0 radical (unpaired) electrons. The maximum atomic E-state index is 6.41. The summed E-state index contributed by atoms with van der Waals surface area (Å²) in [6.45, 7) is 5.13. The summed E-state index contributed by atoms with van der Waals surface area (Å²) in [7, 11) is 0. The number of thiophene rings is 1. The Morgan fingerprint density at radius 1 is 1.57 bits per heavy atom. The standard InChI is InChI=1S/C11H15ClOS/c1-7-6-9(8(2)14-7)11(12)10-4-3-5-13-10/h6,10-11H,3-5H2,1-2H3. The van der Waals surface area contributed by atoms with Gasteiger partial charge in [0.15, 0.2) is 0 Å². The predicted octanol–water partition coefficient (Wildman–Crippen LogP) is 3.82. The third-order valence-corrected chi connectivity index (χ3v) is 4.17. The number of ether oxygens (including phenoxy) is 1. The molecule has 0 N–H and O–H groups in total. The van der Waals surface area contributed by atoms with Crippen molar-refractivity contribution in [3.05, 3.63) is 21.4 Å². The maximum absolute atomic E-state index is 6.41. The van der Waals surface area contributed by atoms with Gasteiger partial charge in [0.25, 0.3) is 0 Å². The van der Waals surface area contributed by atoms with Crippen LogP contribution in [0.25, 0.3) is 0 Å². The first kappa shape index (κ1) is 10.5. The predicted molar refractivity (Wildman–Crippen MR) is 61.4 cm³/mol. The van der Waals surface area contributed by atoms with Crippen LogP contribution in [0.15, 0.2) is 6.07 Å². The molecule has 1 fully saturated rings. The molecule has 0 aliphatic carbocycles. The fraction of sp³-hybridized carbons (Fsp3) is 0.636. The van der Waals surface area contributed by atoms with Gasteiger partial charge < -0.3 is 4.74 Å². The van der Waals surface area contributed by atoms with Crippen LogP contribution in [-0.4, -0.2) is 12.7 Å². The van der Waals surface area contributed by atoms with Gasteiger partial charge in [-0.3, -0.25) is 0 Å². The normalized spacial score (nSPS) is 24.1. The van der Waals surface area contributed by atoms with Crippen molar-refractivity contribution in [1.82, 2.24) is 0 Å². The average Bonchev–Trinajstić information content (AvgIpc) is 2.73. The minimum Gasteiger partial charge on any atom is -0.376 e. The van der Waals surface area contributed by atoms with E-state index in [2.05, 4.69) is 19.9 Å². The van der Waals surface area contributed by atoms with Crippen molar-refractivity contribution in [1.29, 1.82) is 0 Å². The molecule has 78 valence electrons. The number of hydrogen-bond donors (Lipinski definition) is 0. The lowest BCUT2D eigenvalue weighted by atomic mass is 10.1. The van der Waals surface area contributed by atoms with Crippen LogP contribution in [0.4, 0.5) is 0 Å². The lowest BCUT2D eigenvalue weighted by molar-refractivity contribution is 0.107. The topological polar surface area (TPSA) is 9.23 Å². The van der Waals surface area contributed by atoms with Crippen LogP contribution in [0.1, 0.15) is 33.5 Å². The molecule has 0 bridgehead atoms. The van der Waals surface area contributed by atoms with Gasteiger partial charge in [-0.15, -0.1) is 22.9 Å². The minimum absolute atomic E-state index is 0.0439. The molecule has 0 saturated carbocycles. The van der Waals surface area contributed by atoms with E-state index >= 15 is 0 Å². The zero-order chi connectivity index (χ0) is 10.1. The van der Waals surface area contributed by atoms with Gasteiger partial charge >= 0.3 is 0 Å². The Morgan fingerprint density at radius 3 is 2.86 bits per heavy atom. The SMILES string of the molecule is Cc1cc(C(Cl)C2CCCO2)c(C)s1. The lowest BCUT2D eigenvalue weighted by Crippen LogP contribution is -2.12. The van der Waals surface area contributed by atoms with Gasteiger partial charge in [0, 0.05) is 16.4 Å². The average molecular weight is 231 g/mol. The molecule has 1 aromatic rings. The van der Waals surface area contributed by atoms with E-state index < -0.39 is 0 Å². The summed E-state index contributed by atoms with van der Waals surface area (Å²) in [5.41, 5.74) is 1.26. The highest BCUT2D eigenvalue weighted by molar-refractivity contribution is 7.12. The molecule has 3 heteroatoms. The van der Waals surface area contributed by atoms with Gasteiger partial charge in [-0.2, -0.15) is 0 Å². The number of alkyl halides is 1. The Bertz CT molecular complexity index is 315. The Kier molecular flexibility index (Phi) is 3.15. The van der Waals surface area contributed by atoms with Gasteiger partial charge in [-0.1, -0.05) is 0 Å². The molecule has 1 aromatic heterocycles. The molecule has 1 aliphatic heterocycles. The molecule has 2 atom stereocenters. The first-order chi connectivity index (χ1) is 6.68. The molecule has 0 spiro atoms. The number of aryl methyl sites for hydroxylation is 2. The number of rotatable bonds is 2. The second-order valence-corrected chi connectivity index (χ2v) is 5.75. The highest BCUT2D eigenvalue weighted by Crippen LogP contribution is 2.36. The fourth-order valence-electron chi connectivity index (χ4n) is 1.96. The van der Waals surface area contributed by atoms with Crippen LogP contribution < -0.4 is 0 Å². The van der Waals surface area contributed by atoms with Crippen LogP contribution >= 0.6 is 22.9 Å². The van der Waals surface area contributed by atoms with Gasteiger partial charge in [0.2, 0.25) is 0 Å². The van der Waals surface area contributed by atoms with Crippen LogP contribution in [0.5, 0.6) is 0 Å². The van der Waals surface area contributed by atoms with E-state index in [1.165, 1.54) is 15.3 Å². The second kappa shape index (κ2) is 4.21. The Balaban J connectivity index is 2.17. The first-order valence-corrected chi connectivity index (χ1v) is 6.26. The van der Waals surface area contributed by atoms with Gasteiger partial charge in [-0.05, 0) is 38.3 Å². The zero-order valence-electron chi connectivity index (χ0n) is 8.55. The molecule has 0 amide bonds. The van der Waals surface area contributed by atoms with E-state index in [1.807, 2.05) is 11.3 Å². The number of halogens is 1. The van der Waals surface area contributed by atoms with E-state index in [0.29, 0.717) is 0 Å². The molecule has 14 heavy (non-hydrogen) atoms. The third kappa shape index (κ3) is 1.97. The van der Waals surface area contributed by atoms with E-state index in [1.54, 1.807) is 0 Å². The molecule has 1 aliphatic rings. The Labute approximate surface area is 94.0 Å². The number of hydrogen-bond acceptors (Lipinski definition) is 2. The smallest absolute Gasteiger partial charge is 0.0857 e. The third-order valence-electron chi connectivity index (χ3n) is 2.67. The van der Waals surface area contributed by atoms with Crippen molar-refractivity contribution in [2.45, 2.75) is 38.2 Å². The van der Waals surface area contributed by atoms with E-state index in [0.717, 1.165) is 19.4 Å². The van der Waals surface area contributed by atoms with Crippen molar-refractivity contribution in [3.8, 4) is 0 Å². The summed E-state index contributed by atoms with van der Waals surface area (Å²) in [6.07, 6.45) is 2.47. The van der Waals surface area contributed by atoms with Gasteiger partial charge in [0.05, 0.1) is 11.5 Å². The van der Waals surface area contributed by atoms with Crippen molar-refractivity contribution < 1.29 is 4.74 Å². The Morgan fingerprint density at radius 2 is 2.36 bits per heavy atom. The van der Waals surface area contributed by atoms with Crippen LogP contribution in [0.3, 0.4) is 0 Å². The minimum atomic E-state index is 0.0439. The lowest BCUT2D eigenvalue weighted by Gasteiger charge is -2.16. The van der Waals surface area contributed by atoms with Gasteiger partial charge in [-0.25, -0.2) is 0 Å². The summed E-state index contributed by atoms with van der Waals surface area (Å²) in [5.74, 6) is 0. The van der Waals surface area contributed by atoms with Crippen molar-refractivity contribution >= 4 is 22.9 Å². The van der Waals surface area contributed by atoms with E-state index in [9.17, 15) is 0 Å². The fourth-order valence-corrected chi connectivity index (χ4v) is 3.42. The second-order valence-electron chi connectivity index (χ2n) is 3.82. The molecule has 2 heterocycles. The molecule has 1 nitrogen and oxygen atoms in total. The molecular weight excluding hydrogens is 216 g/mol.